The zero-order chi connectivity index (χ0) is 24.7. The highest BCUT2D eigenvalue weighted by Gasteiger charge is 2.57. The molecule has 4 fully saturated rings. The minimum absolute atomic E-state index is 0.114. The molecule has 34 heavy (non-hydrogen) atoms. The Bertz CT molecular complexity index is 953. The van der Waals surface area contributed by atoms with Crippen molar-refractivity contribution in [3.8, 4) is 5.88 Å². The van der Waals surface area contributed by atoms with Crippen LogP contribution in [0.2, 0.25) is 0 Å². The molecule has 0 spiro atoms. The van der Waals surface area contributed by atoms with E-state index < -0.39 is 17.1 Å². The number of aliphatic hydroxyl groups is 1. The minimum Gasteiger partial charge on any atom is -0.477 e. The Kier molecular flexibility index (Phi) is 6.44. The average molecular weight is 475 g/mol. The molecule has 9 nitrogen and oxygen atoms in total. The summed E-state index contributed by atoms with van der Waals surface area (Å²) in [6.07, 6.45) is 9.55. The summed E-state index contributed by atoms with van der Waals surface area (Å²) in [7, 11) is 0. The van der Waals surface area contributed by atoms with E-state index >= 15 is 0 Å². The van der Waals surface area contributed by atoms with Gasteiger partial charge in [-0.15, -0.1) is 0 Å². The predicted octanol–water partition coefficient (Wildman–Crippen LogP) is 3.32. The van der Waals surface area contributed by atoms with Gasteiger partial charge in [0.2, 0.25) is 5.88 Å². The van der Waals surface area contributed by atoms with Gasteiger partial charge in [-0.05, 0) is 56.3 Å². The van der Waals surface area contributed by atoms with Gasteiger partial charge in [0, 0.05) is 17.2 Å². The van der Waals surface area contributed by atoms with Crippen LogP contribution in [0, 0.1) is 23.2 Å². The largest absolute Gasteiger partial charge is 0.477 e. The number of amides is 2. The molecule has 2 atom stereocenters. The second-order valence-electron chi connectivity index (χ2n) is 11.8. The summed E-state index contributed by atoms with van der Waals surface area (Å²) >= 11 is 0. The molecule has 1 heterocycles. The van der Waals surface area contributed by atoms with Gasteiger partial charge in [-0.25, -0.2) is 9.48 Å². The summed E-state index contributed by atoms with van der Waals surface area (Å²) in [4.78, 5) is 24.4. The van der Waals surface area contributed by atoms with Gasteiger partial charge in [-0.1, -0.05) is 33.8 Å². The molecular weight excluding hydrogens is 436 g/mol. The molecule has 5 rings (SSSR count). The molecule has 2 unspecified atom stereocenters. The molecule has 188 valence electrons. The van der Waals surface area contributed by atoms with Crippen LogP contribution in [0.5, 0.6) is 5.88 Å². The highest BCUT2D eigenvalue weighted by Crippen LogP contribution is 2.57. The Morgan fingerprint density at radius 3 is 2.59 bits per heavy atom. The van der Waals surface area contributed by atoms with Crippen molar-refractivity contribution in [3.63, 3.8) is 0 Å². The standard InChI is InChI=1S/C25H38N4O5/c1-16(2)13-33-21-19(12-27-29(21)6-5-23(3,4)15-34-22(26)31)20(30)28-24-8-17-7-18(9-24)11-25(32,10-17)14-24/h5-6,12,16-18,32H,7-11,13-15H2,1-4H3,(H2,26,31)(H,28,30). The van der Waals surface area contributed by atoms with Crippen molar-refractivity contribution >= 4 is 18.2 Å². The van der Waals surface area contributed by atoms with Crippen LogP contribution in [0.1, 0.15) is 76.6 Å². The number of nitrogens with zero attached hydrogens (tertiary/aromatic N) is 2. The number of ether oxygens (including phenoxy) is 2. The number of nitrogens with two attached hydrogens (primary N) is 1. The van der Waals surface area contributed by atoms with Crippen LogP contribution in [-0.2, 0) is 4.74 Å². The third-order valence-corrected chi connectivity index (χ3v) is 7.21. The first kappa shape index (κ1) is 24.6. The Morgan fingerprint density at radius 1 is 1.32 bits per heavy atom. The van der Waals surface area contributed by atoms with E-state index in [-0.39, 0.29) is 24.0 Å². The molecule has 4 saturated carbocycles. The van der Waals surface area contributed by atoms with Crippen molar-refractivity contribution in [1.82, 2.24) is 15.1 Å². The quantitative estimate of drug-likeness (QED) is 0.504. The molecule has 0 saturated heterocycles. The number of primary amides is 1. The van der Waals surface area contributed by atoms with Crippen LogP contribution in [0.4, 0.5) is 4.79 Å². The Labute approximate surface area is 201 Å². The van der Waals surface area contributed by atoms with Crippen LogP contribution < -0.4 is 15.8 Å². The van der Waals surface area contributed by atoms with Gasteiger partial charge >= 0.3 is 6.09 Å². The molecule has 4 aliphatic rings. The van der Waals surface area contributed by atoms with Crippen molar-refractivity contribution < 1.29 is 24.2 Å². The van der Waals surface area contributed by atoms with Crippen LogP contribution in [0.3, 0.4) is 0 Å². The van der Waals surface area contributed by atoms with Crippen LogP contribution in [0.25, 0.3) is 6.20 Å². The number of rotatable bonds is 9. The van der Waals surface area contributed by atoms with Gasteiger partial charge in [-0.2, -0.15) is 5.10 Å². The Morgan fingerprint density at radius 2 is 2.00 bits per heavy atom. The predicted molar refractivity (Wildman–Crippen MR) is 127 cm³/mol. The monoisotopic (exact) mass is 474 g/mol. The van der Waals surface area contributed by atoms with E-state index in [0.717, 1.165) is 32.1 Å². The molecule has 2 amide bonds. The highest BCUT2D eigenvalue weighted by atomic mass is 16.5. The summed E-state index contributed by atoms with van der Waals surface area (Å²) in [6, 6.07) is 0. The Hall–Kier alpha value is -2.55. The first-order valence-corrected chi connectivity index (χ1v) is 12.2. The number of hydrogen-bond acceptors (Lipinski definition) is 6. The van der Waals surface area contributed by atoms with E-state index in [4.69, 9.17) is 15.2 Å². The molecule has 1 aromatic rings. The van der Waals surface area contributed by atoms with Crippen molar-refractivity contribution in [2.75, 3.05) is 13.2 Å². The normalized spacial score (nSPS) is 30.2. The highest BCUT2D eigenvalue weighted by molar-refractivity contribution is 5.97. The fraction of sp³-hybridized carbons (Fsp3) is 0.720. The Balaban J connectivity index is 1.54. The van der Waals surface area contributed by atoms with E-state index in [1.54, 1.807) is 6.20 Å². The van der Waals surface area contributed by atoms with E-state index in [1.165, 1.54) is 10.9 Å². The molecular formula is C25H38N4O5. The first-order valence-electron chi connectivity index (χ1n) is 12.2. The number of carbonyl (C=O) groups is 2. The van der Waals surface area contributed by atoms with Crippen molar-refractivity contribution in [2.24, 2.45) is 28.9 Å². The summed E-state index contributed by atoms with van der Waals surface area (Å²) in [5, 5.41) is 18.7. The van der Waals surface area contributed by atoms with Gasteiger partial charge in [0.15, 0.2) is 0 Å². The number of hydrogen-bond donors (Lipinski definition) is 3. The maximum absolute atomic E-state index is 13.5. The maximum Gasteiger partial charge on any atom is 0.404 e. The second-order valence-corrected chi connectivity index (χ2v) is 11.8. The lowest BCUT2D eigenvalue weighted by Crippen LogP contribution is -2.65. The van der Waals surface area contributed by atoms with E-state index in [9.17, 15) is 14.7 Å². The van der Waals surface area contributed by atoms with Gasteiger partial charge in [-0.3, -0.25) is 4.79 Å². The molecule has 9 heteroatoms. The van der Waals surface area contributed by atoms with Gasteiger partial charge < -0.3 is 25.6 Å². The topological polar surface area (TPSA) is 129 Å². The number of aromatic nitrogens is 2. The zero-order valence-electron chi connectivity index (χ0n) is 20.7. The third-order valence-electron chi connectivity index (χ3n) is 7.21. The number of nitrogens with one attached hydrogen (secondary N) is 1. The second kappa shape index (κ2) is 8.91. The molecule has 4 N–H and O–H groups in total. The van der Waals surface area contributed by atoms with Gasteiger partial charge in [0.05, 0.1) is 18.4 Å². The van der Waals surface area contributed by atoms with Crippen molar-refractivity contribution in [1.29, 1.82) is 0 Å². The lowest BCUT2D eigenvalue weighted by molar-refractivity contribution is -0.139. The molecule has 4 bridgehead atoms. The van der Waals surface area contributed by atoms with E-state index in [1.807, 2.05) is 33.8 Å². The molecule has 0 aliphatic heterocycles. The molecule has 0 radical (unpaired) electrons. The fourth-order valence-electron chi connectivity index (χ4n) is 6.25. The van der Waals surface area contributed by atoms with Crippen molar-refractivity contribution in [3.05, 3.63) is 17.8 Å². The lowest BCUT2D eigenvalue weighted by Gasteiger charge is -2.60. The van der Waals surface area contributed by atoms with Gasteiger partial charge in [0.1, 0.15) is 12.2 Å². The SMILES string of the molecule is CC(C)COc1c(C(=O)NC23CC4CC(CC(O)(C4)C2)C3)cnn1C=CC(C)(C)COC(N)=O. The van der Waals surface area contributed by atoms with Crippen molar-refractivity contribution in [2.45, 2.75) is 77.4 Å². The summed E-state index contributed by atoms with van der Waals surface area (Å²) in [6.45, 7) is 8.42. The average Bonchev–Trinajstić information content (AvgIpc) is 3.10. The van der Waals surface area contributed by atoms with Crippen LogP contribution >= 0.6 is 0 Å². The van der Waals surface area contributed by atoms with Crippen LogP contribution in [0.15, 0.2) is 12.3 Å². The summed E-state index contributed by atoms with van der Waals surface area (Å²) < 4.78 is 12.5. The molecule has 0 aromatic carbocycles. The maximum atomic E-state index is 13.5. The third kappa shape index (κ3) is 5.40. The first-order chi connectivity index (χ1) is 15.9. The smallest absolute Gasteiger partial charge is 0.404 e. The molecule has 4 aliphatic carbocycles. The van der Waals surface area contributed by atoms with E-state index in [2.05, 4.69) is 10.4 Å². The zero-order valence-corrected chi connectivity index (χ0v) is 20.7. The van der Waals surface area contributed by atoms with Crippen LogP contribution in [-0.4, -0.2) is 51.2 Å². The summed E-state index contributed by atoms with van der Waals surface area (Å²) in [5.74, 6) is 1.36. The summed E-state index contributed by atoms with van der Waals surface area (Å²) in [5.41, 5.74) is 3.95. The van der Waals surface area contributed by atoms with Gasteiger partial charge in [0.25, 0.3) is 5.91 Å². The minimum atomic E-state index is -0.824. The molecule has 1 aromatic heterocycles. The fourth-order valence-corrected chi connectivity index (χ4v) is 6.25. The lowest BCUT2D eigenvalue weighted by atomic mass is 9.51. The van der Waals surface area contributed by atoms with E-state index in [0.29, 0.717) is 36.3 Å². The number of carbonyl (C=O) groups excluding carboxylic acids is 2.